The lowest BCUT2D eigenvalue weighted by Gasteiger charge is -2.23. The number of ketones is 2. The van der Waals surface area contributed by atoms with Gasteiger partial charge >= 0.3 is 0 Å². The van der Waals surface area contributed by atoms with E-state index in [0.717, 1.165) is 11.1 Å². The summed E-state index contributed by atoms with van der Waals surface area (Å²) in [5.41, 5.74) is 3.00. The molecule has 1 fully saturated rings. The fourth-order valence-electron chi connectivity index (χ4n) is 4.84. The molecule has 38 heavy (non-hydrogen) atoms. The van der Waals surface area contributed by atoms with Crippen molar-refractivity contribution < 1.29 is 18.8 Å². The average molecular weight is 518 g/mol. The molecule has 1 aliphatic rings. The smallest absolute Gasteiger partial charge is 0.245 e. The van der Waals surface area contributed by atoms with Crippen LogP contribution in [0.2, 0.25) is 0 Å². The van der Waals surface area contributed by atoms with Crippen LogP contribution in [0.3, 0.4) is 0 Å². The van der Waals surface area contributed by atoms with Crippen LogP contribution in [0, 0.1) is 6.92 Å². The Morgan fingerprint density at radius 3 is 2.53 bits per heavy atom. The Balaban J connectivity index is 1.40. The van der Waals surface area contributed by atoms with Crippen LogP contribution in [-0.4, -0.2) is 70.7 Å². The summed E-state index contributed by atoms with van der Waals surface area (Å²) >= 11 is 0. The van der Waals surface area contributed by atoms with E-state index in [0.29, 0.717) is 29.0 Å². The van der Waals surface area contributed by atoms with Crippen LogP contribution in [0.5, 0.6) is 0 Å². The number of aromatic nitrogens is 6. The van der Waals surface area contributed by atoms with Crippen molar-refractivity contribution in [2.75, 3.05) is 6.54 Å². The number of alkyl halides is 1. The van der Waals surface area contributed by atoms with E-state index < -0.39 is 18.1 Å². The minimum absolute atomic E-state index is 0.0266. The summed E-state index contributed by atoms with van der Waals surface area (Å²) in [5.74, 6) is -0.281. The zero-order valence-corrected chi connectivity index (χ0v) is 21.5. The topological polar surface area (TPSA) is 116 Å². The molecule has 1 amide bonds. The number of Topliss-reactive ketones (excluding diaryl/α,β-unsaturated/α-hetero) is 2. The molecule has 0 spiro atoms. The number of carbonyl (C=O) groups excluding carboxylic acids is 3. The van der Waals surface area contributed by atoms with Crippen LogP contribution in [0.15, 0.2) is 42.9 Å². The molecule has 0 radical (unpaired) electrons. The maximum Gasteiger partial charge on any atom is 0.245 e. The second-order valence-electron chi connectivity index (χ2n) is 9.51. The largest absolute Gasteiger partial charge is 0.328 e. The Kier molecular flexibility index (Phi) is 6.83. The number of fused-ring (bicyclic) bond motifs is 1. The minimum atomic E-state index is -1.29. The van der Waals surface area contributed by atoms with E-state index in [1.54, 1.807) is 42.3 Å². The van der Waals surface area contributed by atoms with Crippen molar-refractivity contribution in [3.8, 4) is 11.1 Å². The van der Waals surface area contributed by atoms with Crippen LogP contribution in [0.1, 0.15) is 42.3 Å². The van der Waals surface area contributed by atoms with Gasteiger partial charge in [0.1, 0.15) is 24.2 Å². The van der Waals surface area contributed by atoms with E-state index in [9.17, 15) is 18.8 Å². The van der Waals surface area contributed by atoms with Gasteiger partial charge in [0.2, 0.25) is 5.91 Å². The van der Waals surface area contributed by atoms with Crippen molar-refractivity contribution in [1.82, 2.24) is 34.4 Å². The second kappa shape index (κ2) is 10.2. The van der Waals surface area contributed by atoms with E-state index in [4.69, 9.17) is 0 Å². The van der Waals surface area contributed by atoms with Crippen molar-refractivity contribution in [3.63, 3.8) is 0 Å². The quantitative estimate of drug-likeness (QED) is 0.330. The molecule has 3 aromatic heterocycles. The molecule has 10 nitrogen and oxygen atoms in total. The molecule has 0 aliphatic carbocycles. The molecule has 4 aromatic rings. The van der Waals surface area contributed by atoms with Crippen molar-refractivity contribution in [2.24, 2.45) is 0 Å². The van der Waals surface area contributed by atoms with Crippen molar-refractivity contribution in [3.05, 3.63) is 60.1 Å². The van der Waals surface area contributed by atoms with Crippen LogP contribution in [-0.2, 0) is 29.1 Å². The number of hydrogen-bond acceptors (Lipinski definition) is 7. The van der Waals surface area contributed by atoms with E-state index in [1.807, 2.05) is 19.1 Å². The summed E-state index contributed by atoms with van der Waals surface area (Å²) in [5, 5.41) is 9.33. The summed E-state index contributed by atoms with van der Waals surface area (Å²) in [4.78, 5) is 48.5. The van der Waals surface area contributed by atoms with Gasteiger partial charge in [0.15, 0.2) is 11.6 Å². The van der Waals surface area contributed by atoms with E-state index in [1.165, 1.54) is 16.5 Å². The van der Waals surface area contributed by atoms with Gasteiger partial charge in [-0.3, -0.25) is 23.7 Å². The van der Waals surface area contributed by atoms with Crippen LogP contribution in [0.4, 0.5) is 4.39 Å². The van der Waals surface area contributed by atoms with Crippen molar-refractivity contribution in [2.45, 2.75) is 58.9 Å². The van der Waals surface area contributed by atoms with Gasteiger partial charge in [0, 0.05) is 49.4 Å². The molecular weight excluding hydrogens is 489 g/mol. The fourth-order valence-corrected chi connectivity index (χ4v) is 4.84. The molecule has 0 bridgehead atoms. The van der Waals surface area contributed by atoms with Gasteiger partial charge in [-0.1, -0.05) is 6.07 Å². The maximum atomic E-state index is 14.4. The van der Waals surface area contributed by atoms with Gasteiger partial charge in [0.05, 0.1) is 30.2 Å². The number of likely N-dealkylation sites (tertiary alicyclic amines) is 1. The molecule has 1 saturated heterocycles. The number of carbonyl (C=O) groups is 3. The zero-order chi connectivity index (χ0) is 27.0. The molecule has 196 valence electrons. The lowest BCUT2D eigenvalue weighted by atomic mass is 10.0. The number of benzene rings is 1. The summed E-state index contributed by atoms with van der Waals surface area (Å²) in [6.45, 7) is 5.45. The Hall–Kier alpha value is -4.28. The third-order valence-electron chi connectivity index (χ3n) is 6.80. The van der Waals surface area contributed by atoms with Crippen LogP contribution < -0.4 is 0 Å². The normalized spacial score (nSPS) is 17.3. The molecule has 5 rings (SSSR count). The van der Waals surface area contributed by atoms with E-state index >= 15 is 0 Å². The van der Waals surface area contributed by atoms with Gasteiger partial charge in [-0.2, -0.15) is 10.2 Å². The second-order valence-corrected chi connectivity index (χ2v) is 9.51. The molecule has 11 heteroatoms. The number of halogens is 1. The molecule has 1 aliphatic heterocycles. The minimum Gasteiger partial charge on any atom is -0.328 e. The predicted molar refractivity (Wildman–Crippen MR) is 137 cm³/mol. The standard InChI is InChI=1S/C27H28FN7O3/c1-4-33-8-7-21(31-33)11-25(37)24-10-20(28)14-34(24)26(38)15-35-23-6-5-18(19-12-29-17(3)30-13-19)9-22(23)27(32-35)16(2)36/h5-9,12-13,20,24H,4,10-11,14-15H2,1-3H3/t20-,24+/m1/s1. The van der Waals surface area contributed by atoms with Gasteiger partial charge in [-0.15, -0.1) is 0 Å². The first-order chi connectivity index (χ1) is 18.2. The van der Waals surface area contributed by atoms with Gasteiger partial charge < -0.3 is 4.90 Å². The maximum absolute atomic E-state index is 14.4. The van der Waals surface area contributed by atoms with Crippen molar-refractivity contribution >= 4 is 28.4 Å². The highest BCUT2D eigenvalue weighted by molar-refractivity contribution is 6.06. The van der Waals surface area contributed by atoms with Gasteiger partial charge in [-0.05, 0) is 37.6 Å². The van der Waals surface area contributed by atoms with Crippen molar-refractivity contribution in [1.29, 1.82) is 0 Å². The first kappa shape index (κ1) is 25.4. The third-order valence-corrected chi connectivity index (χ3v) is 6.80. The van der Waals surface area contributed by atoms with Crippen LogP contribution >= 0.6 is 0 Å². The molecule has 0 saturated carbocycles. The number of aryl methyl sites for hydroxylation is 2. The Bertz CT molecular complexity index is 1530. The highest BCUT2D eigenvalue weighted by Crippen LogP contribution is 2.28. The summed E-state index contributed by atoms with van der Waals surface area (Å²) in [6.07, 6.45) is 3.89. The van der Waals surface area contributed by atoms with E-state index in [-0.39, 0.29) is 43.2 Å². The Morgan fingerprint density at radius 1 is 1.08 bits per heavy atom. The number of nitrogens with zero attached hydrogens (tertiary/aromatic N) is 7. The zero-order valence-electron chi connectivity index (χ0n) is 21.5. The Labute approximate surface area is 218 Å². The molecule has 4 heterocycles. The van der Waals surface area contributed by atoms with Gasteiger partial charge in [0.25, 0.3) is 0 Å². The first-order valence-electron chi connectivity index (χ1n) is 12.5. The molecule has 0 unspecified atom stereocenters. The molecule has 0 N–H and O–H groups in total. The average Bonchev–Trinajstić information content (AvgIpc) is 3.61. The lowest BCUT2D eigenvalue weighted by Crippen LogP contribution is -2.43. The summed E-state index contributed by atoms with van der Waals surface area (Å²) in [6, 6.07) is 6.34. The number of hydrogen-bond donors (Lipinski definition) is 0. The van der Waals surface area contributed by atoms with Crippen LogP contribution in [0.25, 0.3) is 22.0 Å². The van der Waals surface area contributed by atoms with E-state index in [2.05, 4.69) is 20.2 Å². The number of rotatable bonds is 8. The molecular formula is C27H28FN7O3. The SMILES string of the molecule is CCn1ccc(CC(=O)[C@@H]2C[C@@H](F)CN2C(=O)Cn2nc(C(C)=O)c3cc(-c4cnc(C)nc4)ccc32)n1. The molecule has 2 atom stereocenters. The highest BCUT2D eigenvalue weighted by Gasteiger charge is 2.39. The summed E-state index contributed by atoms with van der Waals surface area (Å²) in [7, 11) is 0. The fraction of sp³-hybridized carbons (Fsp3) is 0.370. The predicted octanol–water partition coefficient (Wildman–Crippen LogP) is 2.97. The third kappa shape index (κ3) is 4.96. The highest BCUT2D eigenvalue weighted by atomic mass is 19.1. The molecule has 1 aromatic carbocycles. The monoisotopic (exact) mass is 517 g/mol. The Morgan fingerprint density at radius 2 is 1.84 bits per heavy atom. The first-order valence-corrected chi connectivity index (χ1v) is 12.5. The number of amides is 1. The lowest BCUT2D eigenvalue weighted by molar-refractivity contribution is -0.138. The summed E-state index contributed by atoms with van der Waals surface area (Å²) < 4.78 is 17.6. The van der Waals surface area contributed by atoms with Gasteiger partial charge in [-0.25, -0.2) is 14.4 Å².